The summed E-state index contributed by atoms with van der Waals surface area (Å²) in [5.74, 6) is 1.25. The number of hydrogen-bond acceptors (Lipinski definition) is 3. The Morgan fingerprint density at radius 1 is 1.40 bits per heavy atom. The first-order valence-corrected chi connectivity index (χ1v) is 4.46. The second-order valence-electron chi connectivity index (χ2n) is 3.33. The minimum Gasteiger partial charge on any atom is -0.465 e. The first-order chi connectivity index (χ1) is 7.09. The normalized spacial score (nSPS) is 12.7. The standard InChI is InChI=1S/C10H11NO4/c1-6-3-8-9(15-5-14-8)4-7(6)11(2)10(12)13/h3-4H,5H2,1-2H3,(H,12,13). The molecule has 1 N–H and O–H groups in total. The summed E-state index contributed by atoms with van der Waals surface area (Å²) in [7, 11) is 1.49. The summed E-state index contributed by atoms with van der Waals surface area (Å²) in [5.41, 5.74) is 1.44. The number of nitrogens with zero attached hydrogens (tertiary/aromatic N) is 1. The van der Waals surface area contributed by atoms with Gasteiger partial charge >= 0.3 is 6.09 Å². The van der Waals surface area contributed by atoms with Crippen LogP contribution in [-0.4, -0.2) is 25.0 Å². The highest BCUT2D eigenvalue weighted by Gasteiger charge is 2.19. The number of rotatable bonds is 1. The lowest BCUT2D eigenvalue weighted by Gasteiger charge is -2.16. The maximum absolute atomic E-state index is 10.8. The van der Waals surface area contributed by atoms with Gasteiger partial charge in [0.1, 0.15) is 0 Å². The van der Waals surface area contributed by atoms with Crippen LogP contribution in [0.5, 0.6) is 11.5 Å². The van der Waals surface area contributed by atoms with Crippen molar-refractivity contribution in [3.63, 3.8) is 0 Å². The van der Waals surface area contributed by atoms with Gasteiger partial charge in [-0.1, -0.05) is 0 Å². The van der Waals surface area contributed by atoms with Crippen LogP contribution in [0, 0.1) is 6.92 Å². The fourth-order valence-corrected chi connectivity index (χ4v) is 1.50. The van der Waals surface area contributed by atoms with Crippen LogP contribution < -0.4 is 14.4 Å². The summed E-state index contributed by atoms with van der Waals surface area (Å²) in [4.78, 5) is 12.0. The Balaban J connectivity index is 2.44. The number of anilines is 1. The summed E-state index contributed by atoms with van der Waals surface area (Å²) in [6.07, 6.45) is -1.00. The molecule has 0 bridgehead atoms. The molecule has 1 aromatic rings. The van der Waals surface area contributed by atoms with E-state index in [4.69, 9.17) is 14.6 Å². The van der Waals surface area contributed by atoms with Gasteiger partial charge in [0, 0.05) is 13.1 Å². The number of ether oxygens (including phenoxy) is 2. The highest BCUT2D eigenvalue weighted by molar-refractivity contribution is 5.87. The summed E-state index contributed by atoms with van der Waals surface area (Å²) in [6.45, 7) is 2.02. The number of carboxylic acid groups (broad SMARTS) is 1. The van der Waals surface area contributed by atoms with E-state index in [2.05, 4.69) is 0 Å². The number of fused-ring (bicyclic) bond motifs is 1. The smallest absolute Gasteiger partial charge is 0.411 e. The van der Waals surface area contributed by atoms with Crippen LogP contribution in [0.15, 0.2) is 12.1 Å². The van der Waals surface area contributed by atoms with Crippen molar-refractivity contribution in [2.24, 2.45) is 0 Å². The number of benzene rings is 1. The van der Waals surface area contributed by atoms with Crippen LogP contribution in [0.4, 0.5) is 10.5 Å². The van der Waals surface area contributed by atoms with Gasteiger partial charge in [-0.05, 0) is 18.6 Å². The van der Waals surface area contributed by atoms with Crippen molar-refractivity contribution in [3.05, 3.63) is 17.7 Å². The Labute approximate surface area is 86.8 Å². The van der Waals surface area contributed by atoms with Gasteiger partial charge in [-0.2, -0.15) is 0 Å². The highest BCUT2D eigenvalue weighted by Crippen LogP contribution is 2.37. The minimum atomic E-state index is -1.00. The molecule has 0 aliphatic carbocycles. The molecule has 0 saturated heterocycles. The van der Waals surface area contributed by atoms with Gasteiger partial charge in [0.25, 0.3) is 0 Å². The lowest BCUT2D eigenvalue weighted by Crippen LogP contribution is -2.24. The third-order valence-electron chi connectivity index (χ3n) is 2.34. The van der Waals surface area contributed by atoms with Crippen LogP contribution in [0.3, 0.4) is 0 Å². The van der Waals surface area contributed by atoms with Gasteiger partial charge in [0.05, 0.1) is 5.69 Å². The van der Waals surface area contributed by atoms with Crippen LogP contribution in [0.25, 0.3) is 0 Å². The zero-order valence-electron chi connectivity index (χ0n) is 8.48. The Bertz CT molecular complexity index is 416. The fourth-order valence-electron chi connectivity index (χ4n) is 1.50. The van der Waals surface area contributed by atoms with Gasteiger partial charge in [0.2, 0.25) is 6.79 Å². The molecule has 0 unspecified atom stereocenters. The zero-order chi connectivity index (χ0) is 11.0. The molecule has 5 nitrogen and oxygen atoms in total. The van der Waals surface area contributed by atoms with E-state index in [1.165, 1.54) is 7.05 Å². The largest absolute Gasteiger partial charge is 0.465 e. The van der Waals surface area contributed by atoms with Crippen molar-refractivity contribution in [2.75, 3.05) is 18.7 Å². The van der Waals surface area contributed by atoms with E-state index >= 15 is 0 Å². The van der Waals surface area contributed by atoms with E-state index < -0.39 is 6.09 Å². The van der Waals surface area contributed by atoms with Crippen LogP contribution in [0.1, 0.15) is 5.56 Å². The van der Waals surface area contributed by atoms with Crippen molar-refractivity contribution in [1.29, 1.82) is 0 Å². The Kier molecular flexibility index (Phi) is 2.15. The van der Waals surface area contributed by atoms with E-state index in [0.717, 1.165) is 10.5 Å². The van der Waals surface area contributed by atoms with E-state index in [-0.39, 0.29) is 6.79 Å². The summed E-state index contributed by atoms with van der Waals surface area (Å²) < 4.78 is 10.4. The highest BCUT2D eigenvalue weighted by atomic mass is 16.7. The van der Waals surface area contributed by atoms with Crippen LogP contribution >= 0.6 is 0 Å². The molecule has 0 atom stereocenters. The van der Waals surface area contributed by atoms with Crippen molar-refractivity contribution >= 4 is 11.8 Å². The molecule has 0 aromatic heterocycles. The minimum absolute atomic E-state index is 0.189. The zero-order valence-corrected chi connectivity index (χ0v) is 8.48. The first-order valence-electron chi connectivity index (χ1n) is 4.46. The number of amides is 1. The molecule has 1 aliphatic heterocycles. The van der Waals surface area contributed by atoms with Gasteiger partial charge in [-0.3, -0.25) is 4.90 Å². The Hall–Kier alpha value is -1.91. The van der Waals surface area contributed by atoms with Gasteiger partial charge < -0.3 is 14.6 Å². The second kappa shape index (κ2) is 3.34. The molecule has 80 valence electrons. The monoisotopic (exact) mass is 209 g/mol. The van der Waals surface area contributed by atoms with E-state index in [1.54, 1.807) is 12.1 Å². The van der Waals surface area contributed by atoms with Crippen molar-refractivity contribution in [2.45, 2.75) is 6.92 Å². The number of aryl methyl sites for hydroxylation is 1. The SMILES string of the molecule is Cc1cc2c(cc1N(C)C(=O)O)OCO2. The maximum atomic E-state index is 10.8. The molecule has 1 aliphatic rings. The van der Waals surface area contributed by atoms with E-state index in [1.807, 2.05) is 6.92 Å². The Morgan fingerprint density at radius 3 is 2.60 bits per heavy atom. The Morgan fingerprint density at radius 2 is 2.00 bits per heavy atom. The summed E-state index contributed by atoms with van der Waals surface area (Å²) >= 11 is 0. The second-order valence-corrected chi connectivity index (χ2v) is 3.33. The first kappa shape index (κ1) is 9.64. The van der Waals surface area contributed by atoms with Crippen molar-refractivity contribution in [1.82, 2.24) is 0 Å². The molecule has 15 heavy (non-hydrogen) atoms. The predicted octanol–water partition coefficient (Wildman–Crippen LogP) is 1.84. The predicted molar refractivity (Wildman–Crippen MR) is 53.7 cm³/mol. The lowest BCUT2D eigenvalue weighted by atomic mass is 10.1. The van der Waals surface area contributed by atoms with Crippen molar-refractivity contribution < 1.29 is 19.4 Å². The molecule has 1 heterocycles. The van der Waals surface area contributed by atoms with E-state index in [0.29, 0.717) is 17.2 Å². The van der Waals surface area contributed by atoms with Crippen molar-refractivity contribution in [3.8, 4) is 11.5 Å². The molecular weight excluding hydrogens is 198 g/mol. The average molecular weight is 209 g/mol. The molecule has 1 amide bonds. The third-order valence-corrected chi connectivity index (χ3v) is 2.34. The van der Waals surface area contributed by atoms with Gasteiger partial charge in [-0.25, -0.2) is 4.79 Å². The fraction of sp³-hybridized carbons (Fsp3) is 0.300. The lowest BCUT2D eigenvalue weighted by molar-refractivity contribution is 0.174. The van der Waals surface area contributed by atoms with Gasteiger partial charge in [-0.15, -0.1) is 0 Å². The van der Waals surface area contributed by atoms with E-state index in [9.17, 15) is 4.79 Å². The maximum Gasteiger partial charge on any atom is 0.411 e. The summed E-state index contributed by atoms with van der Waals surface area (Å²) in [6, 6.07) is 3.45. The number of carbonyl (C=O) groups is 1. The molecule has 0 fully saturated rings. The molecule has 0 saturated carbocycles. The van der Waals surface area contributed by atoms with Crippen LogP contribution in [0.2, 0.25) is 0 Å². The molecule has 0 spiro atoms. The molecule has 1 aromatic carbocycles. The third kappa shape index (κ3) is 1.56. The van der Waals surface area contributed by atoms with Gasteiger partial charge in [0.15, 0.2) is 11.5 Å². The quantitative estimate of drug-likeness (QED) is 0.766. The molecular formula is C10H11NO4. The van der Waals surface area contributed by atoms with Crippen LogP contribution in [-0.2, 0) is 0 Å². The molecule has 0 radical (unpaired) electrons. The number of hydrogen-bond donors (Lipinski definition) is 1. The summed E-state index contributed by atoms with van der Waals surface area (Å²) in [5, 5.41) is 8.86. The topological polar surface area (TPSA) is 59.0 Å². The average Bonchev–Trinajstić information content (AvgIpc) is 2.62. The molecule has 2 rings (SSSR count). The molecule has 5 heteroatoms.